The van der Waals surface area contributed by atoms with Gasteiger partial charge in [0.25, 0.3) is 0 Å². The van der Waals surface area contributed by atoms with Crippen molar-refractivity contribution in [2.24, 2.45) is 5.92 Å². The Morgan fingerprint density at radius 3 is 2.86 bits per heavy atom. The molecule has 0 aromatic rings. The number of aldehydes is 1. The molecule has 1 saturated heterocycles. The molecule has 2 rings (SSSR count). The van der Waals surface area contributed by atoms with Gasteiger partial charge in [-0.1, -0.05) is 0 Å². The number of piperidine rings is 1. The van der Waals surface area contributed by atoms with Crippen molar-refractivity contribution >= 4 is 12.7 Å². The summed E-state index contributed by atoms with van der Waals surface area (Å²) in [4.78, 5) is 23.1. The summed E-state index contributed by atoms with van der Waals surface area (Å²) in [5.41, 5.74) is 0. The van der Waals surface area contributed by atoms with E-state index < -0.39 is 0 Å². The van der Waals surface area contributed by atoms with Gasteiger partial charge in [0.1, 0.15) is 6.29 Å². The minimum Gasteiger partial charge on any atom is -0.379 e. The Morgan fingerprint density at radius 2 is 2.29 bits per heavy atom. The molecule has 2 aliphatic rings. The van der Waals surface area contributed by atoms with Gasteiger partial charge >= 0.3 is 0 Å². The van der Waals surface area contributed by atoms with Gasteiger partial charge in [-0.15, -0.1) is 0 Å². The third kappa shape index (κ3) is 1.43. The predicted octanol–water partition coefficient (Wildman–Crippen LogP) is 0.210. The maximum atomic E-state index is 10.9. The highest BCUT2D eigenvalue weighted by molar-refractivity contribution is 5.53. The molecule has 1 heterocycles. The molecule has 2 fully saturated rings. The van der Waals surface area contributed by atoms with Gasteiger partial charge in [-0.25, -0.2) is 0 Å². The van der Waals surface area contributed by atoms with Crippen LogP contribution in [0, 0.1) is 5.92 Å². The van der Waals surface area contributed by atoms with Crippen molar-refractivity contribution in [2.45, 2.75) is 37.5 Å². The lowest BCUT2D eigenvalue weighted by Crippen LogP contribution is -2.41. The van der Waals surface area contributed by atoms with Crippen molar-refractivity contribution in [3.8, 4) is 0 Å². The molecule has 4 atom stereocenters. The van der Waals surface area contributed by atoms with E-state index in [-0.39, 0.29) is 12.1 Å². The normalized spacial score (nSPS) is 36.4. The lowest BCUT2D eigenvalue weighted by atomic mass is 10.0. The van der Waals surface area contributed by atoms with E-state index in [0.717, 1.165) is 25.5 Å². The number of nitrogens with zero attached hydrogens (tertiary/aromatic N) is 1. The molecule has 0 N–H and O–H groups in total. The molecule has 78 valence electrons. The number of hydrogen-bond acceptors (Lipinski definition) is 3. The van der Waals surface area contributed by atoms with Gasteiger partial charge in [0.15, 0.2) is 0 Å². The number of likely N-dealkylation sites (tertiary alicyclic amines) is 1. The van der Waals surface area contributed by atoms with Gasteiger partial charge in [-0.3, -0.25) is 4.79 Å². The van der Waals surface area contributed by atoms with Crippen LogP contribution in [-0.4, -0.2) is 42.9 Å². The zero-order valence-corrected chi connectivity index (χ0v) is 8.26. The Hall–Kier alpha value is -0.900. The summed E-state index contributed by atoms with van der Waals surface area (Å²) in [6.07, 6.45) is 4.15. The minimum absolute atomic E-state index is 0.117. The highest BCUT2D eigenvalue weighted by atomic mass is 16.5. The smallest absolute Gasteiger partial charge is 0.210 e. The molecule has 0 radical (unpaired) electrons. The maximum absolute atomic E-state index is 10.9. The molecular formula is C10H15NO3. The van der Waals surface area contributed by atoms with Gasteiger partial charge in [0.05, 0.1) is 12.1 Å². The zero-order chi connectivity index (χ0) is 10.1. The van der Waals surface area contributed by atoms with E-state index in [0.29, 0.717) is 18.4 Å². The molecule has 1 saturated carbocycles. The molecular weight excluding hydrogens is 182 g/mol. The molecule has 4 heteroatoms. The number of ether oxygens (including phenoxy) is 1. The molecule has 4 unspecified atom stereocenters. The first-order chi connectivity index (χ1) is 6.81. The first-order valence-electron chi connectivity index (χ1n) is 5.01. The molecule has 4 nitrogen and oxygen atoms in total. The Bertz CT molecular complexity index is 244. The highest BCUT2D eigenvalue weighted by Gasteiger charge is 2.53. The largest absolute Gasteiger partial charge is 0.379 e. The standard InChI is InChI=1S/C10H15NO3/c1-14-10(2-3-12)9-5-7-4-8(7)11(9)6-13/h3,6-10H,2,4-5H2,1H3. The van der Waals surface area contributed by atoms with Crippen LogP contribution in [0.5, 0.6) is 0 Å². The summed E-state index contributed by atoms with van der Waals surface area (Å²) < 4.78 is 5.24. The van der Waals surface area contributed by atoms with E-state index in [2.05, 4.69) is 0 Å². The van der Waals surface area contributed by atoms with Crippen molar-refractivity contribution < 1.29 is 14.3 Å². The predicted molar refractivity (Wildman–Crippen MR) is 49.7 cm³/mol. The van der Waals surface area contributed by atoms with Crippen LogP contribution in [0.25, 0.3) is 0 Å². The van der Waals surface area contributed by atoms with Crippen LogP contribution in [0.2, 0.25) is 0 Å². The van der Waals surface area contributed by atoms with Crippen LogP contribution >= 0.6 is 0 Å². The number of methoxy groups -OCH3 is 1. The summed E-state index contributed by atoms with van der Waals surface area (Å²) in [7, 11) is 1.60. The van der Waals surface area contributed by atoms with Gasteiger partial charge in [0, 0.05) is 19.6 Å². The van der Waals surface area contributed by atoms with Gasteiger partial charge in [-0.2, -0.15) is 0 Å². The molecule has 0 spiro atoms. The monoisotopic (exact) mass is 197 g/mol. The van der Waals surface area contributed by atoms with Crippen LogP contribution in [0.1, 0.15) is 19.3 Å². The van der Waals surface area contributed by atoms with Gasteiger partial charge in [0.2, 0.25) is 6.41 Å². The molecule has 1 amide bonds. The second-order valence-corrected chi connectivity index (χ2v) is 4.10. The van der Waals surface area contributed by atoms with Gasteiger partial charge in [-0.05, 0) is 18.8 Å². The van der Waals surface area contributed by atoms with E-state index in [1.165, 1.54) is 0 Å². The average Bonchev–Trinajstić information content (AvgIpc) is 2.87. The molecule has 0 bridgehead atoms. The Labute approximate surface area is 83.2 Å². The number of amides is 1. The van der Waals surface area contributed by atoms with Crippen molar-refractivity contribution in [3.63, 3.8) is 0 Å². The van der Waals surface area contributed by atoms with Crippen LogP contribution in [-0.2, 0) is 14.3 Å². The third-order valence-corrected chi connectivity index (χ3v) is 3.38. The lowest BCUT2D eigenvalue weighted by molar-refractivity contribution is -0.124. The third-order valence-electron chi connectivity index (χ3n) is 3.38. The first kappa shape index (κ1) is 9.65. The van der Waals surface area contributed by atoms with Crippen LogP contribution in [0.15, 0.2) is 0 Å². The number of rotatable bonds is 5. The molecule has 1 aliphatic carbocycles. The van der Waals surface area contributed by atoms with Crippen LogP contribution in [0.4, 0.5) is 0 Å². The van der Waals surface area contributed by atoms with Crippen molar-refractivity contribution in [1.82, 2.24) is 4.90 Å². The lowest BCUT2D eigenvalue weighted by Gasteiger charge is -2.29. The second-order valence-electron chi connectivity index (χ2n) is 4.10. The number of carbonyl (C=O) groups excluding carboxylic acids is 2. The van der Waals surface area contributed by atoms with Crippen LogP contribution in [0.3, 0.4) is 0 Å². The summed E-state index contributed by atoms with van der Waals surface area (Å²) in [6.45, 7) is 0. The maximum Gasteiger partial charge on any atom is 0.210 e. The first-order valence-corrected chi connectivity index (χ1v) is 5.01. The fourth-order valence-corrected chi connectivity index (χ4v) is 2.53. The molecule has 0 aromatic carbocycles. The molecule has 1 aliphatic heterocycles. The Morgan fingerprint density at radius 1 is 1.50 bits per heavy atom. The van der Waals surface area contributed by atoms with Crippen molar-refractivity contribution in [1.29, 1.82) is 0 Å². The average molecular weight is 197 g/mol. The van der Waals surface area contributed by atoms with Crippen molar-refractivity contribution in [3.05, 3.63) is 0 Å². The Kier molecular flexibility index (Phi) is 2.54. The SMILES string of the molecule is COC(CC=O)C1CC2CC2N1C=O. The zero-order valence-electron chi connectivity index (χ0n) is 8.26. The van der Waals surface area contributed by atoms with E-state index in [1.807, 2.05) is 4.90 Å². The van der Waals surface area contributed by atoms with E-state index in [9.17, 15) is 9.59 Å². The summed E-state index contributed by atoms with van der Waals surface area (Å²) in [6, 6.07) is 0.549. The fourth-order valence-electron chi connectivity index (χ4n) is 2.53. The topological polar surface area (TPSA) is 46.6 Å². The number of carbonyl (C=O) groups is 2. The van der Waals surface area contributed by atoms with Crippen LogP contribution < -0.4 is 0 Å². The van der Waals surface area contributed by atoms with E-state index >= 15 is 0 Å². The summed E-state index contributed by atoms with van der Waals surface area (Å²) in [5.74, 6) is 0.662. The van der Waals surface area contributed by atoms with E-state index in [1.54, 1.807) is 7.11 Å². The van der Waals surface area contributed by atoms with Gasteiger partial charge < -0.3 is 14.4 Å². The minimum atomic E-state index is -0.120. The quantitative estimate of drug-likeness (QED) is 0.592. The summed E-state index contributed by atoms with van der Waals surface area (Å²) >= 11 is 0. The number of fused-ring (bicyclic) bond motifs is 1. The fraction of sp³-hybridized carbons (Fsp3) is 0.800. The Balaban J connectivity index is 2.01. The summed E-state index contributed by atoms with van der Waals surface area (Å²) in [5, 5.41) is 0. The molecule has 0 aromatic heterocycles. The second kappa shape index (κ2) is 3.69. The highest BCUT2D eigenvalue weighted by Crippen LogP contribution is 2.48. The molecule has 14 heavy (non-hydrogen) atoms. The number of hydrogen-bond donors (Lipinski definition) is 0. The van der Waals surface area contributed by atoms with E-state index in [4.69, 9.17) is 4.74 Å². The van der Waals surface area contributed by atoms with Crippen molar-refractivity contribution in [2.75, 3.05) is 7.11 Å².